The number of carbonyl (C=O) groups excluding carboxylic acids is 3. The molecule has 8 N–H and O–H groups in total. The van der Waals surface area contributed by atoms with Gasteiger partial charge in [0, 0.05) is 6.42 Å². The highest BCUT2D eigenvalue weighted by Crippen LogP contribution is 2.07. The Kier molecular flexibility index (Phi) is 15.5. The molecule has 0 aliphatic heterocycles. The lowest BCUT2D eigenvalue weighted by atomic mass is 10.1. The molecule has 4 unspecified atom stereocenters. The van der Waals surface area contributed by atoms with E-state index >= 15 is 0 Å². The lowest BCUT2D eigenvalue weighted by molar-refractivity contribution is -0.143. The SMILES string of the molecule is CSCCC(NC(=O)C(N)CO)C(=O)NC(CCSC)C(=O)NC(CCC(=O)O)C(=O)O. The van der Waals surface area contributed by atoms with Gasteiger partial charge in [0.25, 0.3) is 0 Å². The second-order valence-corrected chi connectivity index (χ2v) is 8.78. The first-order valence-electron chi connectivity index (χ1n) is 9.77. The zero-order chi connectivity index (χ0) is 24.7. The first-order chi connectivity index (χ1) is 15.1. The Labute approximate surface area is 194 Å². The van der Waals surface area contributed by atoms with Crippen LogP contribution in [0.3, 0.4) is 0 Å². The van der Waals surface area contributed by atoms with E-state index in [-0.39, 0.29) is 19.3 Å². The predicted molar refractivity (Wildman–Crippen MR) is 121 cm³/mol. The van der Waals surface area contributed by atoms with E-state index in [1.54, 1.807) is 6.26 Å². The standard InChI is InChI=1S/C18H32N4O8S2/c1-31-7-5-11(20-15(26)10(19)9-23)16(27)21-12(6-8-32-2)17(28)22-13(18(29)30)3-4-14(24)25/h10-13,23H,3-9,19H2,1-2H3,(H,20,26)(H,21,27)(H,22,28)(H,24,25)(H,29,30). The molecule has 0 aliphatic rings. The molecule has 4 atom stereocenters. The van der Waals surface area contributed by atoms with Crippen LogP contribution >= 0.6 is 23.5 Å². The molecule has 0 bridgehead atoms. The van der Waals surface area contributed by atoms with E-state index in [2.05, 4.69) is 16.0 Å². The number of nitrogens with one attached hydrogen (secondary N) is 3. The van der Waals surface area contributed by atoms with Gasteiger partial charge in [-0.1, -0.05) is 0 Å². The smallest absolute Gasteiger partial charge is 0.326 e. The Morgan fingerprint density at radius 2 is 1.22 bits per heavy atom. The number of aliphatic hydroxyl groups excluding tert-OH is 1. The number of thioether (sulfide) groups is 2. The van der Waals surface area contributed by atoms with Crippen molar-refractivity contribution in [1.29, 1.82) is 0 Å². The lowest BCUT2D eigenvalue weighted by Crippen LogP contribution is -2.57. The highest BCUT2D eigenvalue weighted by atomic mass is 32.2. The molecule has 0 heterocycles. The third-order valence-corrected chi connectivity index (χ3v) is 5.57. The normalized spacial score (nSPS) is 14.5. The summed E-state index contributed by atoms with van der Waals surface area (Å²) in [5, 5.41) is 34.3. The van der Waals surface area contributed by atoms with E-state index in [1.807, 2.05) is 6.26 Å². The Balaban J connectivity index is 5.36. The molecule has 0 aromatic heterocycles. The summed E-state index contributed by atoms with van der Waals surface area (Å²) in [5.74, 6) is -3.75. The van der Waals surface area contributed by atoms with Crippen molar-refractivity contribution in [3.8, 4) is 0 Å². The summed E-state index contributed by atoms with van der Waals surface area (Å²) in [6, 6.07) is -4.75. The van der Waals surface area contributed by atoms with E-state index in [0.717, 1.165) is 0 Å². The van der Waals surface area contributed by atoms with Gasteiger partial charge in [0.2, 0.25) is 17.7 Å². The molecule has 32 heavy (non-hydrogen) atoms. The van der Waals surface area contributed by atoms with Gasteiger partial charge in [-0.2, -0.15) is 23.5 Å². The van der Waals surface area contributed by atoms with Gasteiger partial charge in [0.05, 0.1) is 6.61 Å². The molecule has 0 saturated carbocycles. The number of amides is 3. The molecule has 0 aromatic rings. The van der Waals surface area contributed by atoms with Crippen LogP contribution in [0.15, 0.2) is 0 Å². The second-order valence-electron chi connectivity index (χ2n) is 6.81. The molecule has 0 radical (unpaired) electrons. The third kappa shape index (κ3) is 12.1. The van der Waals surface area contributed by atoms with Crippen molar-refractivity contribution in [1.82, 2.24) is 16.0 Å². The van der Waals surface area contributed by atoms with Crippen molar-refractivity contribution in [3.63, 3.8) is 0 Å². The molecule has 0 saturated heterocycles. The Morgan fingerprint density at radius 1 is 0.781 bits per heavy atom. The van der Waals surface area contributed by atoms with Gasteiger partial charge >= 0.3 is 11.9 Å². The van der Waals surface area contributed by atoms with Gasteiger partial charge in [-0.25, -0.2) is 4.79 Å². The lowest BCUT2D eigenvalue weighted by Gasteiger charge is -2.25. The van der Waals surface area contributed by atoms with E-state index in [9.17, 15) is 29.1 Å². The molecular formula is C18H32N4O8S2. The average Bonchev–Trinajstić information content (AvgIpc) is 2.75. The number of hydrogen-bond acceptors (Lipinski definition) is 9. The number of hydrogen-bond donors (Lipinski definition) is 7. The average molecular weight is 497 g/mol. The van der Waals surface area contributed by atoms with Crippen LogP contribution in [0.4, 0.5) is 0 Å². The van der Waals surface area contributed by atoms with E-state index in [4.69, 9.17) is 15.9 Å². The first kappa shape index (κ1) is 30.0. The van der Waals surface area contributed by atoms with Crippen molar-refractivity contribution < 1.29 is 39.3 Å². The largest absolute Gasteiger partial charge is 0.481 e. The molecule has 14 heteroatoms. The van der Waals surface area contributed by atoms with Gasteiger partial charge in [-0.15, -0.1) is 0 Å². The van der Waals surface area contributed by atoms with E-state index in [0.29, 0.717) is 11.5 Å². The summed E-state index contributed by atoms with van der Waals surface area (Å²) in [6.45, 7) is -0.603. The van der Waals surface area contributed by atoms with Crippen molar-refractivity contribution in [2.24, 2.45) is 5.73 Å². The van der Waals surface area contributed by atoms with Gasteiger partial charge in [-0.3, -0.25) is 19.2 Å². The van der Waals surface area contributed by atoms with Crippen LogP contribution < -0.4 is 21.7 Å². The molecule has 0 fully saturated rings. The van der Waals surface area contributed by atoms with Gasteiger partial charge in [0.1, 0.15) is 24.2 Å². The molecule has 0 spiro atoms. The van der Waals surface area contributed by atoms with Crippen molar-refractivity contribution in [2.75, 3.05) is 30.6 Å². The van der Waals surface area contributed by atoms with Gasteiger partial charge < -0.3 is 37.0 Å². The van der Waals surface area contributed by atoms with Crippen LogP contribution in [0.2, 0.25) is 0 Å². The van der Waals surface area contributed by atoms with E-state index < -0.39 is 66.9 Å². The number of carboxylic acids is 2. The molecule has 0 aliphatic carbocycles. The van der Waals surface area contributed by atoms with E-state index in [1.165, 1.54) is 23.5 Å². The maximum atomic E-state index is 12.8. The highest BCUT2D eigenvalue weighted by Gasteiger charge is 2.30. The number of nitrogens with two attached hydrogens (primary N) is 1. The summed E-state index contributed by atoms with van der Waals surface area (Å²) in [6.07, 6.45) is 3.27. The van der Waals surface area contributed by atoms with Crippen molar-refractivity contribution in [2.45, 2.75) is 49.9 Å². The predicted octanol–water partition coefficient (Wildman–Crippen LogP) is -1.78. The summed E-state index contributed by atoms with van der Waals surface area (Å²) >= 11 is 2.85. The Morgan fingerprint density at radius 3 is 1.59 bits per heavy atom. The third-order valence-electron chi connectivity index (χ3n) is 4.28. The molecule has 12 nitrogen and oxygen atoms in total. The van der Waals surface area contributed by atoms with Gasteiger partial charge in [-0.05, 0) is 43.3 Å². The minimum atomic E-state index is -1.43. The minimum Gasteiger partial charge on any atom is -0.481 e. The fraction of sp³-hybridized carbons (Fsp3) is 0.722. The second kappa shape index (κ2) is 16.6. The zero-order valence-electron chi connectivity index (χ0n) is 18.0. The van der Waals surface area contributed by atoms with Crippen LogP contribution in [0, 0.1) is 0 Å². The summed E-state index contributed by atoms with van der Waals surface area (Å²) in [4.78, 5) is 59.6. The molecule has 184 valence electrons. The molecular weight excluding hydrogens is 464 g/mol. The molecule has 3 amide bonds. The Bertz CT molecular complexity index is 652. The number of aliphatic hydroxyl groups is 1. The number of aliphatic carboxylic acids is 2. The zero-order valence-corrected chi connectivity index (χ0v) is 19.7. The van der Waals surface area contributed by atoms with Crippen molar-refractivity contribution in [3.05, 3.63) is 0 Å². The molecule has 0 aromatic carbocycles. The van der Waals surface area contributed by atoms with Gasteiger partial charge in [0.15, 0.2) is 0 Å². The minimum absolute atomic E-state index is 0.184. The maximum absolute atomic E-state index is 12.8. The summed E-state index contributed by atoms with van der Waals surface area (Å²) in [5.41, 5.74) is 5.48. The first-order valence-corrected chi connectivity index (χ1v) is 12.6. The van der Waals surface area contributed by atoms with Crippen LogP contribution in [-0.4, -0.2) is 99.8 Å². The molecule has 0 rings (SSSR count). The maximum Gasteiger partial charge on any atom is 0.326 e. The van der Waals surface area contributed by atoms with Crippen molar-refractivity contribution >= 4 is 53.2 Å². The number of carbonyl (C=O) groups is 5. The highest BCUT2D eigenvalue weighted by molar-refractivity contribution is 7.98. The van der Waals surface area contributed by atoms with Crippen LogP contribution in [0.25, 0.3) is 0 Å². The quantitative estimate of drug-likeness (QED) is 0.120. The number of carboxylic acid groups (broad SMARTS) is 2. The topological polar surface area (TPSA) is 208 Å². The number of rotatable bonds is 17. The fourth-order valence-corrected chi connectivity index (χ4v) is 3.38. The summed E-state index contributed by atoms with van der Waals surface area (Å²) in [7, 11) is 0. The van der Waals surface area contributed by atoms with Crippen LogP contribution in [0.5, 0.6) is 0 Å². The van der Waals surface area contributed by atoms with Crippen LogP contribution in [-0.2, 0) is 24.0 Å². The summed E-state index contributed by atoms with van der Waals surface area (Å²) < 4.78 is 0. The fourth-order valence-electron chi connectivity index (χ4n) is 2.44. The Hall–Kier alpha value is -2.03. The van der Waals surface area contributed by atoms with Crippen LogP contribution in [0.1, 0.15) is 25.7 Å². The monoisotopic (exact) mass is 496 g/mol.